The Balaban J connectivity index is 0.00000133. The minimum atomic E-state index is 0. The van der Waals surface area contributed by atoms with Crippen LogP contribution in [0.1, 0.15) is 11.8 Å². The normalized spacial score (nSPS) is 20.2. The topological polar surface area (TPSA) is 28.2 Å². The van der Waals surface area contributed by atoms with Crippen molar-refractivity contribution in [1.29, 1.82) is 0 Å². The monoisotopic (exact) mass is 315 g/mol. The Hall–Kier alpha value is -0.460. The van der Waals surface area contributed by atoms with Crippen LogP contribution in [0.4, 0.5) is 0 Å². The van der Waals surface area contributed by atoms with Crippen molar-refractivity contribution in [3.05, 3.63) is 28.6 Å². The lowest BCUT2D eigenvalue weighted by atomic mass is 10.2. The molecule has 0 unspecified atom stereocenters. The van der Waals surface area contributed by atoms with Gasteiger partial charge < -0.3 is 5.32 Å². The largest absolute Gasteiger partial charge is 0.312 e. The van der Waals surface area contributed by atoms with Gasteiger partial charge in [-0.05, 0) is 18.4 Å². The van der Waals surface area contributed by atoms with E-state index in [-0.39, 0.29) is 12.4 Å². The fourth-order valence-corrected chi connectivity index (χ4v) is 4.03. The number of thiophene rings is 1. The van der Waals surface area contributed by atoms with E-state index < -0.39 is 0 Å². The molecular formula is C13H18ClN3S2. The number of aromatic nitrogens is 1. The fraction of sp³-hybridized carbons (Fsp3) is 0.462. The Morgan fingerprint density at radius 2 is 2.42 bits per heavy atom. The Kier molecular flexibility index (Phi) is 5.36. The summed E-state index contributed by atoms with van der Waals surface area (Å²) in [5.41, 5.74) is 0. The smallest absolute Gasteiger partial charge is 0.133 e. The number of rotatable bonds is 3. The van der Waals surface area contributed by atoms with Crippen molar-refractivity contribution in [1.82, 2.24) is 15.2 Å². The van der Waals surface area contributed by atoms with Crippen LogP contribution in [0.2, 0.25) is 0 Å². The highest BCUT2D eigenvalue weighted by molar-refractivity contribution is 7.20. The lowest BCUT2D eigenvalue weighted by Crippen LogP contribution is -2.48. The number of hydrogen-bond donors (Lipinski definition) is 1. The first-order chi connectivity index (χ1) is 8.81. The van der Waals surface area contributed by atoms with Crippen molar-refractivity contribution < 1.29 is 0 Å². The van der Waals surface area contributed by atoms with E-state index in [9.17, 15) is 0 Å². The van der Waals surface area contributed by atoms with Crippen LogP contribution in [-0.4, -0.2) is 35.6 Å². The zero-order valence-corrected chi connectivity index (χ0v) is 13.3. The lowest BCUT2D eigenvalue weighted by molar-refractivity contribution is 0.201. The number of hydrogen-bond acceptors (Lipinski definition) is 5. The molecule has 1 N–H and O–H groups in total. The maximum absolute atomic E-state index is 4.53. The number of halogens is 1. The number of piperazine rings is 1. The molecule has 0 radical (unpaired) electrons. The first kappa shape index (κ1) is 14.9. The molecular weight excluding hydrogens is 298 g/mol. The average molecular weight is 316 g/mol. The summed E-state index contributed by atoms with van der Waals surface area (Å²) in [4.78, 5) is 9.68. The molecule has 1 aliphatic rings. The van der Waals surface area contributed by atoms with Gasteiger partial charge in [-0.15, -0.1) is 35.1 Å². The van der Waals surface area contributed by atoms with E-state index in [1.807, 2.05) is 17.5 Å². The molecule has 2 aromatic rings. The van der Waals surface area contributed by atoms with Gasteiger partial charge in [-0.25, -0.2) is 4.98 Å². The van der Waals surface area contributed by atoms with Crippen LogP contribution >= 0.6 is 35.1 Å². The summed E-state index contributed by atoms with van der Waals surface area (Å²) >= 11 is 3.58. The minimum absolute atomic E-state index is 0. The highest BCUT2D eigenvalue weighted by atomic mass is 35.5. The second-order valence-corrected chi connectivity index (χ2v) is 6.76. The molecule has 3 rings (SSSR count). The summed E-state index contributed by atoms with van der Waals surface area (Å²) in [5, 5.41) is 6.73. The van der Waals surface area contributed by atoms with Crippen molar-refractivity contribution in [3.63, 3.8) is 0 Å². The summed E-state index contributed by atoms with van der Waals surface area (Å²) in [6, 6.07) is 4.82. The molecule has 0 bridgehead atoms. The molecule has 0 amide bonds. The van der Waals surface area contributed by atoms with Crippen molar-refractivity contribution >= 4 is 35.1 Å². The molecule has 1 aliphatic heterocycles. The van der Waals surface area contributed by atoms with Gasteiger partial charge in [0.2, 0.25) is 0 Å². The second kappa shape index (κ2) is 6.81. The summed E-state index contributed by atoms with van der Waals surface area (Å²) in [6.07, 6.45) is 2.03. The summed E-state index contributed by atoms with van der Waals surface area (Å²) in [5.74, 6) is 0. The number of nitrogens with one attached hydrogen (secondary N) is 1. The van der Waals surface area contributed by atoms with Crippen LogP contribution in [0.15, 0.2) is 23.7 Å². The Labute approximate surface area is 128 Å². The van der Waals surface area contributed by atoms with Crippen LogP contribution in [-0.2, 0) is 6.54 Å². The molecule has 2 aromatic heterocycles. The molecule has 1 saturated heterocycles. The fourth-order valence-electron chi connectivity index (χ4n) is 2.27. The van der Waals surface area contributed by atoms with E-state index in [2.05, 4.69) is 39.6 Å². The summed E-state index contributed by atoms with van der Waals surface area (Å²) in [7, 11) is 0. The maximum Gasteiger partial charge on any atom is 0.133 e. The standard InChI is InChI=1S/C13H17N3S2.ClH/c1-10-8-16(5-4-14-10)9-11-7-15-13(18-11)12-3-2-6-17-12;/h2-3,6-7,10,14H,4-5,8-9H2,1H3;1H/t10-;/m1./s1. The van der Waals surface area contributed by atoms with Crippen molar-refractivity contribution in [2.45, 2.75) is 19.5 Å². The maximum atomic E-state index is 4.53. The van der Waals surface area contributed by atoms with Crippen LogP contribution < -0.4 is 5.32 Å². The Morgan fingerprint density at radius 1 is 1.53 bits per heavy atom. The van der Waals surface area contributed by atoms with Crippen molar-refractivity contribution in [2.24, 2.45) is 0 Å². The lowest BCUT2D eigenvalue weighted by Gasteiger charge is -2.31. The van der Waals surface area contributed by atoms with Crippen LogP contribution in [0.3, 0.4) is 0 Å². The third-order valence-corrected chi connectivity index (χ3v) is 5.14. The van der Waals surface area contributed by atoms with Crippen LogP contribution in [0.25, 0.3) is 9.88 Å². The zero-order valence-electron chi connectivity index (χ0n) is 10.8. The predicted molar refractivity (Wildman–Crippen MR) is 85.4 cm³/mol. The first-order valence-electron chi connectivity index (χ1n) is 6.25. The molecule has 19 heavy (non-hydrogen) atoms. The molecule has 0 spiro atoms. The average Bonchev–Trinajstić information content (AvgIpc) is 2.98. The SMILES string of the molecule is C[C@@H]1CN(Cc2cnc(-c3cccs3)s2)CCN1.Cl. The van der Waals surface area contributed by atoms with E-state index in [1.165, 1.54) is 9.75 Å². The molecule has 0 aromatic carbocycles. The van der Waals surface area contributed by atoms with Gasteiger partial charge in [0.25, 0.3) is 0 Å². The van der Waals surface area contributed by atoms with Crippen molar-refractivity contribution in [3.8, 4) is 9.88 Å². The zero-order chi connectivity index (χ0) is 12.4. The third-order valence-electron chi connectivity index (χ3n) is 3.12. The highest BCUT2D eigenvalue weighted by Crippen LogP contribution is 2.29. The summed E-state index contributed by atoms with van der Waals surface area (Å²) < 4.78 is 0. The third kappa shape index (κ3) is 3.77. The molecule has 1 atom stereocenters. The Morgan fingerprint density at radius 3 is 3.16 bits per heavy atom. The molecule has 3 nitrogen and oxygen atoms in total. The predicted octanol–water partition coefficient (Wildman–Crippen LogP) is 3.09. The molecule has 0 saturated carbocycles. The van der Waals surface area contributed by atoms with Gasteiger partial charge in [0.1, 0.15) is 5.01 Å². The van der Waals surface area contributed by atoms with Gasteiger partial charge in [-0.2, -0.15) is 0 Å². The van der Waals surface area contributed by atoms with Gasteiger partial charge in [0.05, 0.1) is 4.88 Å². The molecule has 6 heteroatoms. The molecule has 0 aliphatic carbocycles. The van der Waals surface area contributed by atoms with E-state index >= 15 is 0 Å². The quantitative estimate of drug-likeness (QED) is 0.943. The van der Waals surface area contributed by atoms with E-state index in [0.717, 1.165) is 31.2 Å². The van der Waals surface area contributed by atoms with Crippen molar-refractivity contribution in [2.75, 3.05) is 19.6 Å². The van der Waals surface area contributed by atoms with E-state index in [1.54, 1.807) is 11.3 Å². The molecule has 1 fully saturated rings. The van der Waals surface area contributed by atoms with E-state index in [4.69, 9.17) is 0 Å². The second-order valence-electron chi connectivity index (χ2n) is 4.70. The van der Waals surface area contributed by atoms with Gasteiger partial charge in [0, 0.05) is 43.3 Å². The van der Waals surface area contributed by atoms with E-state index in [0.29, 0.717) is 6.04 Å². The number of nitrogens with zero attached hydrogens (tertiary/aromatic N) is 2. The highest BCUT2D eigenvalue weighted by Gasteiger charge is 2.16. The van der Waals surface area contributed by atoms with Gasteiger partial charge >= 0.3 is 0 Å². The Bertz CT molecular complexity index is 498. The minimum Gasteiger partial charge on any atom is -0.312 e. The van der Waals surface area contributed by atoms with Crippen LogP contribution in [0, 0.1) is 0 Å². The first-order valence-corrected chi connectivity index (χ1v) is 7.95. The molecule has 104 valence electrons. The van der Waals surface area contributed by atoms with Gasteiger partial charge in [-0.1, -0.05) is 6.07 Å². The van der Waals surface area contributed by atoms with Gasteiger partial charge in [-0.3, -0.25) is 4.90 Å². The van der Waals surface area contributed by atoms with Crippen LogP contribution in [0.5, 0.6) is 0 Å². The number of thiazole rings is 1. The van der Waals surface area contributed by atoms with Gasteiger partial charge in [0.15, 0.2) is 0 Å². The summed E-state index contributed by atoms with van der Waals surface area (Å²) in [6.45, 7) is 6.64. The molecule has 3 heterocycles.